The summed E-state index contributed by atoms with van der Waals surface area (Å²) in [5.74, 6) is 0.649. The fourth-order valence-corrected chi connectivity index (χ4v) is 1.60. The second-order valence-electron chi connectivity index (χ2n) is 3.60. The van der Waals surface area contributed by atoms with Crippen molar-refractivity contribution >= 4 is 0 Å². The zero-order valence-electron chi connectivity index (χ0n) is 7.46. The van der Waals surface area contributed by atoms with Crippen molar-refractivity contribution in [2.45, 2.75) is 31.7 Å². The van der Waals surface area contributed by atoms with Crippen LogP contribution in [0.2, 0.25) is 0 Å². The van der Waals surface area contributed by atoms with Crippen molar-refractivity contribution < 1.29 is 0 Å². The van der Waals surface area contributed by atoms with Crippen LogP contribution in [0.15, 0.2) is 24.3 Å². The van der Waals surface area contributed by atoms with Crippen LogP contribution in [0.5, 0.6) is 0 Å². The summed E-state index contributed by atoms with van der Waals surface area (Å²) < 4.78 is 0. The van der Waals surface area contributed by atoms with Gasteiger partial charge in [0.1, 0.15) is 0 Å². The molecule has 2 atom stereocenters. The minimum atomic E-state index is 0.428. The first-order valence-electron chi connectivity index (χ1n) is 4.65. The molecule has 2 rings (SSSR count). The second kappa shape index (κ2) is 2.91. The van der Waals surface area contributed by atoms with Gasteiger partial charge in [-0.3, -0.25) is 0 Å². The van der Waals surface area contributed by atoms with E-state index in [1.165, 1.54) is 17.5 Å². The molecular formula is C11H15N. The summed E-state index contributed by atoms with van der Waals surface area (Å²) in [7, 11) is 0. The largest absolute Gasteiger partial charge is 0.327 e. The zero-order chi connectivity index (χ0) is 8.55. The first kappa shape index (κ1) is 7.81. The minimum Gasteiger partial charge on any atom is -0.327 e. The number of nitrogens with two attached hydrogens (primary N) is 1. The van der Waals surface area contributed by atoms with Crippen molar-refractivity contribution in [1.29, 1.82) is 0 Å². The highest BCUT2D eigenvalue weighted by Gasteiger charge is 2.34. The number of aryl methyl sites for hydroxylation is 1. The fourth-order valence-electron chi connectivity index (χ4n) is 1.60. The lowest BCUT2D eigenvalue weighted by atomic mass is 10.1. The molecule has 0 unspecified atom stereocenters. The van der Waals surface area contributed by atoms with Crippen molar-refractivity contribution in [2.24, 2.45) is 5.73 Å². The molecule has 0 heterocycles. The SMILES string of the molecule is CCc1ccc([C@@H]2C[C@@H]2N)cc1. The molecule has 1 aliphatic rings. The Morgan fingerprint density at radius 2 is 1.92 bits per heavy atom. The van der Waals surface area contributed by atoms with Crippen molar-refractivity contribution in [3.05, 3.63) is 35.4 Å². The van der Waals surface area contributed by atoms with Gasteiger partial charge < -0.3 is 5.73 Å². The Hall–Kier alpha value is -0.820. The van der Waals surface area contributed by atoms with E-state index in [-0.39, 0.29) is 0 Å². The van der Waals surface area contributed by atoms with Gasteiger partial charge in [0.2, 0.25) is 0 Å². The lowest BCUT2D eigenvalue weighted by molar-refractivity contribution is 0.987. The molecule has 1 aromatic rings. The molecule has 0 spiro atoms. The maximum atomic E-state index is 5.77. The monoisotopic (exact) mass is 161 g/mol. The molecule has 0 radical (unpaired) electrons. The average molecular weight is 161 g/mol. The highest BCUT2D eigenvalue weighted by Crippen LogP contribution is 2.38. The highest BCUT2D eigenvalue weighted by molar-refractivity contribution is 5.30. The molecule has 1 heteroatoms. The topological polar surface area (TPSA) is 26.0 Å². The molecule has 0 amide bonds. The molecule has 0 saturated heterocycles. The normalized spacial score (nSPS) is 27.2. The Morgan fingerprint density at radius 3 is 2.33 bits per heavy atom. The zero-order valence-corrected chi connectivity index (χ0v) is 7.46. The predicted molar refractivity (Wildman–Crippen MR) is 51.2 cm³/mol. The van der Waals surface area contributed by atoms with Gasteiger partial charge in [-0.25, -0.2) is 0 Å². The molecule has 1 aromatic carbocycles. The van der Waals surface area contributed by atoms with Crippen LogP contribution in [-0.4, -0.2) is 6.04 Å². The standard InChI is InChI=1S/C11H15N/c1-2-8-3-5-9(6-4-8)10-7-11(10)12/h3-6,10-11H,2,7,12H2,1H3/t10-,11-/m0/s1. The third-order valence-corrected chi connectivity index (χ3v) is 2.66. The summed E-state index contributed by atoms with van der Waals surface area (Å²) in [4.78, 5) is 0. The Bertz CT molecular complexity index is 263. The average Bonchev–Trinajstić information content (AvgIpc) is 2.83. The van der Waals surface area contributed by atoms with Gasteiger partial charge in [-0.2, -0.15) is 0 Å². The van der Waals surface area contributed by atoms with Crippen molar-refractivity contribution in [3.63, 3.8) is 0 Å². The molecule has 12 heavy (non-hydrogen) atoms. The van der Waals surface area contributed by atoms with Crippen LogP contribution in [0.3, 0.4) is 0 Å². The quantitative estimate of drug-likeness (QED) is 0.706. The van der Waals surface area contributed by atoms with E-state index in [0.717, 1.165) is 6.42 Å². The van der Waals surface area contributed by atoms with Crippen LogP contribution < -0.4 is 5.73 Å². The Morgan fingerprint density at radius 1 is 1.33 bits per heavy atom. The smallest absolute Gasteiger partial charge is 0.0115 e. The summed E-state index contributed by atoms with van der Waals surface area (Å²) >= 11 is 0. The van der Waals surface area contributed by atoms with Crippen LogP contribution in [0.4, 0.5) is 0 Å². The van der Waals surface area contributed by atoms with Gasteiger partial charge in [0.15, 0.2) is 0 Å². The molecule has 1 saturated carbocycles. The fraction of sp³-hybridized carbons (Fsp3) is 0.455. The summed E-state index contributed by atoms with van der Waals surface area (Å²) in [5.41, 5.74) is 8.60. The number of hydrogen-bond acceptors (Lipinski definition) is 1. The lowest BCUT2D eigenvalue weighted by Gasteiger charge is -1.99. The molecule has 64 valence electrons. The summed E-state index contributed by atoms with van der Waals surface area (Å²) in [6.07, 6.45) is 2.29. The Labute approximate surface area is 73.6 Å². The third kappa shape index (κ3) is 1.37. The van der Waals surface area contributed by atoms with Gasteiger partial charge in [0.25, 0.3) is 0 Å². The molecule has 0 aliphatic heterocycles. The van der Waals surface area contributed by atoms with Crippen LogP contribution >= 0.6 is 0 Å². The molecule has 0 bridgehead atoms. The third-order valence-electron chi connectivity index (χ3n) is 2.66. The van der Waals surface area contributed by atoms with E-state index < -0.39 is 0 Å². The van der Waals surface area contributed by atoms with Crippen molar-refractivity contribution in [2.75, 3.05) is 0 Å². The van der Waals surface area contributed by atoms with Crippen LogP contribution in [0.25, 0.3) is 0 Å². The van der Waals surface area contributed by atoms with Crippen LogP contribution in [0.1, 0.15) is 30.4 Å². The molecule has 1 fully saturated rings. The van der Waals surface area contributed by atoms with Crippen LogP contribution in [-0.2, 0) is 6.42 Å². The number of rotatable bonds is 2. The highest BCUT2D eigenvalue weighted by atomic mass is 14.7. The minimum absolute atomic E-state index is 0.428. The predicted octanol–water partition coefficient (Wildman–Crippen LogP) is 2.06. The number of hydrogen-bond donors (Lipinski definition) is 1. The summed E-state index contributed by atoms with van der Waals surface area (Å²) in [6.45, 7) is 2.18. The van der Waals surface area contributed by atoms with Crippen molar-refractivity contribution in [1.82, 2.24) is 0 Å². The second-order valence-corrected chi connectivity index (χ2v) is 3.60. The van der Waals surface area contributed by atoms with E-state index in [1.807, 2.05) is 0 Å². The van der Waals surface area contributed by atoms with E-state index in [9.17, 15) is 0 Å². The molecule has 2 N–H and O–H groups in total. The first-order valence-corrected chi connectivity index (χ1v) is 4.65. The molecule has 0 aromatic heterocycles. The summed E-state index contributed by atoms with van der Waals surface area (Å²) in [6, 6.07) is 9.28. The first-order chi connectivity index (χ1) is 5.81. The van der Waals surface area contributed by atoms with E-state index in [4.69, 9.17) is 5.73 Å². The molecular weight excluding hydrogens is 146 g/mol. The van der Waals surface area contributed by atoms with Gasteiger partial charge in [0, 0.05) is 12.0 Å². The van der Waals surface area contributed by atoms with E-state index in [0.29, 0.717) is 12.0 Å². The van der Waals surface area contributed by atoms with Gasteiger partial charge in [-0.05, 0) is 24.0 Å². The summed E-state index contributed by atoms with van der Waals surface area (Å²) in [5, 5.41) is 0. The maximum absolute atomic E-state index is 5.77. The molecule has 1 aliphatic carbocycles. The van der Waals surface area contributed by atoms with Crippen LogP contribution in [0, 0.1) is 0 Å². The Balaban J connectivity index is 2.14. The van der Waals surface area contributed by atoms with E-state index >= 15 is 0 Å². The van der Waals surface area contributed by atoms with Gasteiger partial charge in [-0.15, -0.1) is 0 Å². The van der Waals surface area contributed by atoms with Crippen molar-refractivity contribution in [3.8, 4) is 0 Å². The lowest BCUT2D eigenvalue weighted by Crippen LogP contribution is -2.00. The molecule has 1 nitrogen and oxygen atoms in total. The maximum Gasteiger partial charge on any atom is 0.0115 e. The number of benzene rings is 1. The van der Waals surface area contributed by atoms with Gasteiger partial charge in [-0.1, -0.05) is 31.2 Å². The van der Waals surface area contributed by atoms with Gasteiger partial charge >= 0.3 is 0 Å². The van der Waals surface area contributed by atoms with Gasteiger partial charge in [0.05, 0.1) is 0 Å². The van der Waals surface area contributed by atoms with E-state index in [1.54, 1.807) is 0 Å². The Kier molecular flexibility index (Phi) is 1.89. The van der Waals surface area contributed by atoms with E-state index in [2.05, 4.69) is 31.2 Å².